The summed E-state index contributed by atoms with van der Waals surface area (Å²) in [5.74, 6) is -0.690. The zero-order valence-electron chi connectivity index (χ0n) is 17.3. The number of thiocarbonyl (C=S) groups is 1. The van der Waals surface area contributed by atoms with E-state index in [1.54, 1.807) is 0 Å². The number of hydrogen-bond donors (Lipinski definition) is 2. The van der Waals surface area contributed by atoms with Crippen LogP contribution in [0.4, 0.5) is 0 Å². The molecule has 29 heavy (non-hydrogen) atoms. The second-order valence-electron chi connectivity index (χ2n) is 6.77. The minimum atomic E-state index is -3.49. The van der Waals surface area contributed by atoms with Crippen molar-refractivity contribution in [1.82, 2.24) is 10.6 Å². The number of benzene rings is 2. The summed E-state index contributed by atoms with van der Waals surface area (Å²) < 4.78 is 25.3. The summed E-state index contributed by atoms with van der Waals surface area (Å²) in [6.07, 6.45) is 1.49. The van der Waals surface area contributed by atoms with E-state index in [1.165, 1.54) is 0 Å². The molecular weight excluding hydrogens is 403 g/mol. The first-order valence-corrected chi connectivity index (χ1v) is 12.1. The zero-order chi connectivity index (χ0) is 21.1. The van der Waals surface area contributed by atoms with Crippen molar-refractivity contribution in [3.8, 4) is 0 Å². The summed E-state index contributed by atoms with van der Waals surface area (Å²) in [7, 11) is -3.49. The molecule has 0 amide bonds. The van der Waals surface area contributed by atoms with Gasteiger partial charge in [-0.2, -0.15) is 0 Å². The first-order chi connectivity index (χ1) is 14.0. The summed E-state index contributed by atoms with van der Waals surface area (Å²) in [6, 6.07) is 19.5. The fraction of sp³-hybridized carbons (Fsp3) is 0.409. The van der Waals surface area contributed by atoms with E-state index in [0.29, 0.717) is 18.3 Å². The van der Waals surface area contributed by atoms with Crippen LogP contribution in [0.1, 0.15) is 56.6 Å². The highest BCUT2D eigenvalue weighted by molar-refractivity contribution is 7.80. The Labute approximate surface area is 179 Å². The highest BCUT2D eigenvalue weighted by Gasteiger charge is 2.38. The molecule has 0 aliphatic heterocycles. The largest absolute Gasteiger partial charge is 0.357 e. The van der Waals surface area contributed by atoms with Crippen LogP contribution in [0.25, 0.3) is 0 Å². The average molecular weight is 435 g/mol. The summed E-state index contributed by atoms with van der Waals surface area (Å²) in [6.45, 7) is 6.69. The van der Waals surface area contributed by atoms with Crippen molar-refractivity contribution in [3.63, 3.8) is 0 Å². The molecule has 7 heteroatoms. The maximum absolute atomic E-state index is 13.7. The van der Waals surface area contributed by atoms with Gasteiger partial charge in [-0.05, 0) is 43.1 Å². The van der Waals surface area contributed by atoms with Gasteiger partial charge in [-0.15, -0.1) is 0 Å². The van der Waals surface area contributed by atoms with E-state index in [9.17, 15) is 4.57 Å². The van der Waals surface area contributed by atoms with Gasteiger partial charge in [0.15, 0.2) is 10.9 Å². The number of hydrogen-bond acceptors (Lipinski definition) is 4. The van der Waals surface area contributed by atoms with Crippen molar-refractivity contribution in [2.75, 3.05) is 13.2 Å². The second-order valence-corrected chi connectivity index (χ2v) is 9.29. The van der Waals surface area contributed by atoms with E-state index in [2.05, 4.69) is 10.6 Å². The Hall–Kier alpha value is -1.72. The smallest absolute Gasteiger partial charge is 0.356 e. The van der Waals surface area contributed by atoms with Crippen LogP contribution in [-0.4, -0.2) is 18.3 Å². The maximum Gasteiger partial charge on any atom is 0.357 e. The lowest BCUT2D eigenvalue weighted by molar-refractivity contribution is 0.195. The van der Waals surface area contributed by atoms with Crippen LogP contribution < -0.4 is 10.6 Å². The topological polar surface area (TPSA) is 59.6 Å². The molecule has 0 spiro atoms. The molecule has 2 aromatic rings. The van der Waals surface area contributed by atoms with Gasteiger partial charge >= 0.3 is 7.60 Å². The van der Waals surface area contributed by atoms with Gasteiger partial charge in [0.05, 0.1) is 19.3 Å². The summed E-state index contributed by atoms with van der Waals surface area (Å²) in [4.78, 5) is 0. The average Bonchev–Trinajstić information content (AvgIpc) is 2.75. The third-order valence-corrected chi connectivity index (χ3v) is 6.68. The van der Waals surface area contributed by atoms with Crippen LogP contribution in [0.15, 0.2) is 60.7 Å². The Morgan fingerprint density at radius 1 is 0.897 bits per heavy atom. The second kappa shape index (κ2) is 12.1. The van der Waals surface area contributed by atoms with Gasteiger partial charge in [0.2, 0.25) is 0 Å². The molecule has 0 saturated heterocycles. The highest BCUT2D eigenvalue weighted by atomic mass is 32.1. The van der Waals surface area contributed by atoms with Crippen LogP contribution in [0.5, 0.6) is 0 Å². The minimum absolute atomic E-state index is 0.000120. The van der Waals surface area contributed by atoms with E-state index in [4.69, 9.17) is 21.3 Å². The lowest BCUT2D eigenvalue weighted by Crippen LogP contribution is -2.39. The fourth-order valence-corrected chi connectivity index (χ4v) is 5.24. The molecule has 2 N–H and O–H groups in total. The van der Waals surface area contributed by atoms with E-state index in [0.717, 1.165) is 24.0 Å². The molecule has 0 saturated carbocycles. The maximum atomic E-state index is 13.7. The molecule has 5 nitrogen and oxygen atoms in total. The van der Waals surface area contributed by atoms with E-state index >= 15 is 0 Å². The molecule has 2 atom stereocenters. The van der Waals surface area contributed by atoms with E-state index in [1.807, 2.05) is 81.4 Å². The predicted octanol–water partition coefficient (Wildman–Crippen LogP) is 5.96. The molecule has 0 aliphatic carbocycles. The van der Waals surface area contributed by atoms with Gasteiger partial charge in [-0.25, -0.2) is 0 Å². The molecule has 0 fully saturated rings. The molecule has 0 heterocycles. The molecule has 158 valence electrons. The third kappa shape index (κ3) is 7.23. The molecule has 0 aliphatic rings. The monoisotopic (exact) mass is 434 g/mol. The lowest BCUT2D eigenvalue weighted by atomic mass is 10.1. The van der Waals surface area contributed by atoms with Crippen molar-refractivity contribution in [1.29, 1.82) is 0 Å². The molecule has 2 rings (SSSR count). The number of nitrogens with one attached hydrogen (secondary N) is 2. The Balaban J connectivity index is 2.23. The van der Waals surface area contributed by atoms with E-state index in [-0.39, 0.29) is 6.04 Å². The van der Waals surface area contributed by atoms with Crippen LogP contribution >= 0.6 is 19.8 Å². The van der Waals surface area contributed by atoms with Gasteiger partial charge in [0.1, 0.15) is 0 Å². The Morgan fingerprint density at radius 3 is 1.86 bits per heavy atom. The standard InChI is InChI=1S/C22H31N2O3PS/c1-4-16-26-28(25,27-17-5-2)21(20-14-10-7-11-15-20)24-22(29)23-18(3)19-12-8-6-9-13-19/h6-15,18,21H,4-5,16-17H2,1-3H3,(H2,23,24,29)/t18-,21?/m1/s1. The molecule has 0 radical (unpaired) electrons. The van der Waals surface area contributed by atoms with E-state index < -0.39 is 13.4 Å². The molecule has 0 bridgehead atoms. The van der Waals surface area contributed by atoms with Crippen LogP contribution in [-0.2, 0) is 13.6 Å². The highest BCUT2D eigenvalue weighted by Crippen LogP contribution is 2.59. The Morgan fingerprint density at radius 2 is 1.38 bits per heavy atom. The van der Waals surface area contributed by atoms with Crippen molar-refractivity contribution in [3.05, 3.63) is 71.8 Å². The Bertz CT molecular complexity index is 777. The summed E-state index contributed by atoms with van der Waals surface area (Å²) >= 11 is 5.55. The minimum Gasteiger partial charge on any atom is -0.356 e. The summed E-state index contributed by atoms with van der Waals surface area (Å²) in [5, 5.41) is 6.87. The van der Waals surface area contributed by atoms with Gasteiger partial charge in [0, 0.05) is 0 Å². The fourth-order valence-electron chi connectivity index (χ4n) is 2.79. The van der Waals surface area contributed by atoms with Gasteiger partial charge < -0.3 is 19.7 Å². The van der Waals surface area contributed by atoms with Crippen LogP contribution in [0, 0.1) is 0 Å². The van der Waals surface area contributed by atoms with Gasteiger partial charge in [-0.3, -0.25) is 4.57 Å². The Kier molecular flexibility index (Phi) is 9.82. The first-order valence-electron chi connectivity index (χ1n) is 10.1. The van der Waals surface area contributed by atoms with Crippen LogP contribution in [0.2, 0.25) is 0 Å². The van der Waals surface area contributed by atoms with Crippen LogP contribution in [0.3, 0.4) is 0 Å². The van der Waals surface area contributed by atoms with Crippen molar-refractivity contribution >= 4 is 24.9 Å². The molecule has 1 unspecified atom stereocenters. The van der Waals surface area contributed by atoms with Crippen molar-refractivity contribution in [2.45, 2.75) is 45.4 Å². The van der Waals surface area contributed by atoms with Gasteiger partial charge in [-0.1, -0.05) is 74.5 Å². The summed E-state index contributed by atoms with van der Waals surface area (Å²) in [5.41, 5.74) is 1.92. The normalized spacial score (nSPS) is 13.5. The quantitative estimate of drug-likeness (QED) is 0.336. The van der Waals surface area contributed by atoms with Crippen molar-refractivity contribution in [2.24, 2.45) is 0 Å². The van der Waals surface area contributed by atoms with Gasteiger partial charge in [0.25, 0.3) is 0 Å². The third-order valence-electron chi connectivity index (χ3n) is 4.30. The SMILES string of the molecule is CCCOP(=O)(OCCC)C(NC(=S)N[C@H](C)c1ccccc1)c1ccccc1. The lowest BCUT2D eigenvalue weighted by Gasteiger charge is -2.29. The number of rotatable bonds is 11. The predicted molar refractivity (Wildman–Crippen MR) is 123 cm³/mol. The van der Waals surface area contributed by atoms with Crippen molar-refractivity contribution < 1.29 is 13.6 Å². The molecular formula is C22H31N2O3PS. The molecule has 2 aromatic carbocycles. The molecule has 0 aromatic heterocycles. The first kappa shape index (κ1) is 23.6. The zero-order valence-corrected chi connectivity index (χ0v) is 19.0.